The van der Waals surface area contributed by atoms with Gasteiger partial charge in [0.2, 0.25) is 10.0 Å². The summed E-state index contributed by atoms with van der Waals surface area (Å²) in [6, 6.07) is 5.28. The maximum atomic E-state index is 12.4. The largest absolute Gasteiger partial charge is 0.303 e. The molecule has 21 heavy (non-hydrogen) atoms. The minimum Gasteiger partial charge on any atom is -0.303 e. The van der Waals surface area contributed by atoms with Crippen molar-refractivity contribution >= 4 is 26.0 Å². The maximum absolute atomic E-state index is 12.4. The van der Waals surface area contributed by atoms with Crippen LogP contribution in [0.5, 0.6) is 0 Å². The van der Waals surface area contributed by atoms with Gasteiger partial charge >= 0.3 is 0 Å². The Morgan fingerprint density at radius 3 is 2.62 bits per heavy atom. The predicted octanol–water partition coefficient (Wildman–Crippen LogP) is 2.77. The van der Waals surface area contributed by atoms with Gasteiger partial charge in [0.05, 0.1) is 4.90 Å². The average molecular weight is 375 g/mol. The second kappa shape index (κ2) is 7.22. The van der Waals surface area contributed by atoms with Crippen LogP contribution >= 0.6 is 15.9 Å². The number of nitrogens with zero attached hydrogens (tertiary/aromatic N) is 1. The molecule has 1 N–H and O–H groups in total. The van der Waals surface area contributed by atoms with Crippen molar-refractivity contribution in [1.29, 1.82) is 0 Å². The number of halogens is 1. The zero-order valence-corrected chi connectivity index (χ0v) is 15.0. The average Bonchev–Trinajstić information content (AvgIpc) is 2.89. The van der Waals surface area contributed by atoms with Crippen LogP contribution in [0.15, 0.2) is 27.6 Å². The molecule has 1 unspecified atom stereocenters. The minimum absolute atomic E-state index is 0.307. The van der Waals surface area contributed by atoms with Crippen LogP contribution in [0.4, 0.5) is 0 Å². The molecule has 0 bridgehead atoms. The SMILES string of the molecule is Cc1ccc(S(=O)(=O)NCC(C)CN2CCCC2)c(Br)c1. The molecule has 0 radical (unpaired) electrons. The van der Waals surface area contributed by atoms with Crippen LogP contribution in [0.3, 0.4) is 0 Å². The third-order valence-corrected chi connectivity index (χ3v) is 6.17. The van der Waals surface area contributed by atoms with Gasteiger partial charge in [0.25, 0.3) is 0 Å². The van der Waals surface area contributed by atoms with E-state index in [2.05, 4.69) is 32.5 Å². The van der Waals surface area contributed by atoms with E-state index in [9.17, 15) is 8.42 Å². The molecule has 1 fully saturated rings. The van der Waals surface area contributed by atoms with Gasteiger partial charge in [-0.25, -0.2) is 13.1 Å². The lowest BCUT2D eigenvalue weighted by Gasteiger charge is -2.20. The molecule has 1 aliphatic rings. The van der Waals surface area contributed by atoms with Gasteiger partial charge < -0.3 is 4.90 Å². The number of hydrogen-bond acceptors (Lipinski definition) is 3. The zero-order valence-electron chi connectivity index (χ0n) is 12.6. The summed E-state index contributed by atoms with van der Waals surface area (Å²) in [5.74, 6) is 0.307. The van der Waals surface area contributed by atoms with Crippen molar-refractivity contribution in [3.8, 4) is 0 Å². The molecule has 0 aliphatic carbocycles. The number of nitrogens with one attached hydrogen (secondary N) is 1. The number of benzene rings is 1. The first-order valence-corrected chi connectivity index (χ1v) is 9.64. The van der Waals surface area contributed by atoms with E-state index in [0.717, 1.165) is 25.2 Å². The van der Waals surface area contributed by atoms with Gasteiger partial charge in [0, 0.05) is 17.6 Å². The number of aryl methyl sites for hydroxylation is 1. The topological polar surface area (TPSA) is 49.4 Å². The second-order valence-corrected chi connectivity index (χ2v) is 8.49. The first kappa shape index (κ1) is 16.9. The van der Waals surface area contributed by atoms with Crippen LogP contribution in [-0.2, 0) is 10.0 Å². The summed E-state index contributed by atoms with van der Waals surface area (Å²) in [5, 5.41) is 0. The molecule has 0 spiro atoms. The maximum Gasteiger partial charge on any atom is 0.241 e. The van der Waals surface area contributed by atoms with E-state index in [1.54, 1.807) is 6.07 Å². The van der Waals surface area contributed by atoms with Crippen molar-refractivity contribution in [2.75, 3.05) is 26.2 Å². The van der Waals surface area contributed by atoms with Crippen LogP contribution in [0.25, 0.3) is 0 Å². The van der Waals surface area contributed by atoms with Crippen molar-refractivity contribution in [1.82, 2.24) is 9.62 Å². The van der Waals surface area contributed by atoms with Gasteiger partial charge in [-0.3, -0.25) is 0 Å². The fourth-order valence-corrected chi connectivity index (χ4v) is 4.98. The van der Waals surface area contributed by atoms with E-state index in [0.29, 0.717) is 21.8 Å². The van der Waals surface area contributed by atoms with Crippen LogP contribution in [-0.4, -0.2) is 39.5 Å². The molecule has 1 atom stereocenters. The molecule has 1 aliphatic heterocycles. The molecule has 0 aromatic heterocycles. The van der Waals surface area contributed by atoms with Crippen LogP contribution < -0.4 is 4.72 Å². The van der Waals surface area contributed by atoms with E-state index in [1.165, 1.54) is 12.8 Å². The normalized spacial score (nSPS) is 18.0. The lowest BCUT2D eigenvalue weighted by molar-refractivity contribution is 0.288. The van der Waals surface area contributed by atoms with Gasteiger partial charge in [0.1, 0.15) is 0 Å². The van der Waals surface area contributed by atoms with Crippen LogP contribution in [0.2, 0.25) is 0 Å². The number of likely N-dealkylation sites (tertiary alicyclic amines) is 1. The Labute approximate surface area is 136 Å². The first-order valence-electron chi connectivity index (χ1n) is 7.36. The number of rotatable bonds is 6. The van der Waals surface area contributed by atoms with E-state index < -0.39 is 10.0 Å². The Morgan fingerprint density at radius 1 is 1.33 bits per heavy atom. The zero-order chi connectivity index (χ0) is 15.5. The lowest BCUT2D eigenvalue weighted by atomic mass is 10.2. The number of sulfonamides is 1. The Bertz CT molecular complexity index is 583. The number of hydrogen-bond donors (Lipinski definition) is 1. The van der Waals surface area contributed by atoms with Crippen molar-refractivity contribution in [3.63, 3.8) is 0 Å². The van der Waals surface area contributed by atoms with Gasteiger partial charge in [0.15, 0.2) is 0 Å². The molecule has 0 saturated carbocycles. The van der Waals surface area contributed by atoms with Gasteiger partial charge in [-0.15, -0.1) is 0 Å². The van der Waals surface area contributed by atoms with E-state index in [-0.39, 0.29) is 0 Å². The van der Waals surface area contributed by atoms with Gasteiger partial charge in [-0.05, 0) is 72.4 Å². The van der Waals surface area contributed by atoms with E-state index in [4.69, 9.17) is 0 Å². The first-order chi connectivity index (χ1) is 9.88. The second-order valence-electron chi connectivity index (χ2n) is 5.90. The van der Waals surface area contributed by atoms with Crippen molar-refractivity contribution in [2.24, 2.45) is 5.92 Å². The molecule has 1 aromatic carbocycles. The Kier molecular flexibility index (Phi) is 5.82. The van der Waals surface area contributed by atoms with Crippen molar-refractivity contribution in [2.45, 2.75) is 31.6 Å². The third kappa shape index (κ3) is 4.77. The summed E-state index contributed by atoms with van der Waals surface area (Å²) in [6.45, 7) is 7.73. The summed E-state index contributed by atoms with van der Waals surface area (Å²) in [7, 11) is -3.45. The quantitative estimate of drug-likeness (QED) is 0.832. The monoisotopic (exact) mass is 374 g/mol. The van der Waals surface area contributed by atoms with E-state index >= 15 is 0 Å². The molecular weight excluding hydrogens is 352 g/mol. The molecule has 1 aromatic rings. The van der Waals surface area contributed by atoms with Crippen LogP contribution in [0, 0.1) is 12.8 Å². The summed E-state index contributed by atoms with van der Waals surface area (Å²) in [6.07, 6.45) is 2.52. The molecule has 4 nitrogen and oxygen atoms in total. The highest BCUT2D eigenvalue weighted by Crippen LogP contribution is 2.23. The lowest BCUT2D eigenvalue weighted by Crippen LogP contribution is -2.34. The summed E-state index contributed by atoms with van der Waals surface area (Å²) in [5.41, 5.74) is 1.03. The standard InChI is InChI=1S/C15H23BrN2O2S/c1-12-5-6-15(14(16)9-12)21(19,20)17-10-13(2)11-18-7-3-4-8-18/h5-6,9,13,17H,3-4,7-8,10-11H2,1-2H3. The Hall–Kier alpha value is -0.430. The highest BCUT2D eigenvalue weighted by Gasteiger charge is 2.20. The molecule has 2 rings (SSSR count). The highest BCUT2D eigenvalue weighted by molar-refractivity contribution is 9.10. The smallest absolute Gasteiger partial charge is 0.241 e. The Morgan fingerprint density at radius 2 is 2.00 bits per heavy atom. The predicted molar refractivity (Wildman–Crippen MR) is 88.9 cm³/mol. The van der Waals surface area contributed by atoms with E-state index in [1.807, 2.05) is 19.1 Å². The molecule has 1 heterocycles. The summed E-state index contributed by atoms with van der Waals surface area (Å²) in [4.78, 5) is 2.71. The van der Waals surface area contributed by atoms with Crippen LogP contribution in [0.1, 0.15) is 25.3 Å². The molecule has 1 saturated heterocycles. The van der Waals surface area contributed by atoms with Gasteiger partial charge in [-0.2, -0.15) is 0 Å². The van der Waals surface area contributed by atoms with Gasteiger partial charge in [-0.1, -0.05) is 13.0 Å². The molecular formula is C15H23BrN2O2S. The van der Waals surface area contributed by atoms with Crippen molar-refractivity contribution < 1.29 is 8.42 Å². The summed E-state index contributed by atoms with van der Waals surface area (Å²) < 4.78 is 28.0. The minimum atomic E-state index is -3.45. The molecule has 118 valence electrons. The highest BCUT2D eigenvalue weighted by atomic mass is 79.9. The Balaban J connectivity index is 1.94. The van der Waals surface area contributed by atoms with Crippen molar-refractivity contribution in [3.05, 3.63) is 28.2 Å². The fourth-order valence-electron chi connectivity index (χ4n) is 2.62. The molecule has 0 amide bonds. The molecule has 6 heteroatoms. The fraction of sp³-hybridized carbons (Fsp3) is 0.600. The third-order valence-electron chi connectivity index (χ3n) is 3.77. The summed E-state index contributed by atoms with van der Waals surface area (Å²) >= 11 is 3.33.